The minimum Gasteiger partial charge on any atom is -0.497 e. The van der Waals surface area contributed by atoms with Crippen molar-refractivity contribution in [2.75, 3.05) is 19.0 Å². The molecule has 13 heteroatoms. The second kappa shape index (κ2) is 12.0. The number of hydrogen-bond donors (Lipinski definition) is 3. The summed E-state index contributed by atoms with van der Waals surface area (Å²) in [5.41, 5.74) is 2.49. The number of aromatic nitrogens is 4. The number of aryl methyl sites for hydroxylation is 1. The van der Waals surface area contributed by atoms with Gasteiger partial charge in [-0.15, -0.1) is 0 Å². The number of anilines is 2. The number of aliphatic hydroxyl groups excluding tert-OH is 1. The molecule has 3 heterocycles. The van der Waals surface area contributed by atoms with Crippen molar-refractivity contribution in [2.45, 2.75) is 32.5 Å². The van der Waals surface area contributed by atoms with E-state index in [0.717, 1.165) is 5.56 Å². The first-order valence-corrected chi connectivity index (χ1v) is 13.3. The quantitative estimate of drug-likeness (QED) is 0.263. The number of rotatable bonds is 9. The fourth-order valence-corrected chi connectivity index (χ4v) is 4.83. The van der Waals surface area contributed by atoms with Gasteiger partial charge in [-0.1, -0.05) is 23.7 Å². The molecule has 2 aromatic carbocycles. The topological polar surface area (TPSA) is 142 Å². The van der Waals surface area contributed by atoms with E-state index in [1.807, 2.05) is 0 Å². The first-order valence-electron chi connectivity index (χ1n) is 13.0. The standard InChI is InChI=1S/C29H27ClFN7O4/c1-15(27(40)35-24(14-39)19-8-20(31)11-21(9-19)42-3)38-13-18-5-4-17(10-22(18)28(38)41)26-23(30)12-33-29(37-26)36-25-6-7-32-16(2)34-25/h4-12,15,24,39H,13-14H2,1-3H3,(H,35,40)(H,32,33,34,36,37). The molecule has 0 saturated heterocycles. The molecule has 3 N–H and O–H groups in total. The van der Waals surface area contributed by atoms with E-state index in [4.69, 9.17) is 16.3 Å². The summed E-state index contributed by atoms with van der Waals surface area (Å²) in [7, 11) is 1.39. The van der Waals surface area contributed by atoms with E-state index in [9.17, 15) is 19.1 Å². The Morgan fingerprint density at radius 3 is 2.74 bits per heavy atom. The maximum absolute atomic E-state index is 14.0. The van der Waals surface area contributed by atoms with E-state index < -0.39 is 30.4 Å². The Morgan fingerprint density at radius 1 is 1.19 bits per heavy atom. The average Bonchev–Trinajstić information content (AvgIpc) is 3.31. The molecule has 1 aliphatic rings. The molecule has 0 bridgehead atoms. The van der Waals surface area contributed by atoms with Crippen LogP contribution in [0.4, 0.5) is 16.2 Å². The lowest BCUT2D eigenvalue weighted by Gasteiger charge is -2.26. The summed E-state index contributed by atoms with van der Waals surface area (Å²) in [6.07, 6.45) is 3.07. The lowest BCUT2D eigenvalue weighted by Crippen LogP contribution is -2.46. The first-order chi connectivity index (χ1) is 20.2. The van der Waals surface area contributed by atoms with Crippen LogP contribution in [0.5, 0.6) is 5.75 Å². The number of fused-ring (bicyclic) bond motifs is 1. The van der Waals surface area contributed by atoms with Crippen LogP contribution in [0.3, 0.4) is 0 Å². The van der Waals surface area contributed by atoms with Crippen molar-refractivity contribution in [1.29, 1.82) is 0 Å². The Balaban J connectivity index is 1.33. The number of hydrogen-bond acceptors (Lipinski definition) is 9. The van der Waals surface area contributed by atoms with Crippen LogP contribution in [0, 0.1) is 12.7 Å². The molecule has 2 unspecified atom stereocenters. The zero-order chi connectivity index (χ0) is 30.0. The zero-order valence-electron chi connectivity index (χ0n) is 22.9. The fraction of sp³-hybridized carbons (Fsp3) is 0.241. The molecule has 1 aliphatic heterocycles. The van der Waals surface area contributed by atoms with Crippen molar-refractivity contribution in [1.82, 2.24) is 30.2 Å². The van der Waals surface area contributed by atoms with E-state index in [-0.39, 0.29) is 24.1 Å². The van der Waals surface area contributed by atoms with E-state index in [1.54, 1.807) is 44.3 Å². The maximum atomic E-state index is 14.0. The molecular weight excluding hydrogens is 565 g/mol. The number of carbonyl (C=O) groups is 2. The number of ether oxygens (including phenoxy) is 1. The van der Waals surface area contributed by atoms with Crippen molar-refractivity contribution in [3.63, 3.8) is 0 Å². The van der Waals surface area contributed by atoms with Gasteiger partial charge in [-0.05, 0) is 49.2 Å². The summed E-state index contributed by atoms with van der Waals surface area (Å²) >= 11 is 6.43. The van der Waals surface area contributed by atoms with Crippen molar-refractivity contribution in [3.8, 4) is 17.0 Å². The van der Waals surface area contributed by atoms with Gasteiger partial charge in [0.25, 0.3) is 5.91 Å². The van der Waals surface area contributed by atoms with Crippen molar-refractivity contribution in [2.24, 2.45) is 0 Å². The van der Waals surface area contributed by atoms with Gasteiger partial charge < -0.3 is 25.4 Å². The van der Waals surface area contributed by atoms with E-state index in [1.165, 1.54) is 36.4 Å². The molecule has 2 aromatic heterocycles. The molecular formula is C29H27ClFN7O4. The summed E-state index contributed by atoms with van der Waals surface area (Å²) in [6, 6.07) is 9.11. The Bertz CT molecular complexity index is 1670. The van der Waals surface area contributed by atoms with Crippen molar-refractivity contribution < 1.29 is 23.8 Å². The highest BCUT2D eigenvalue weighted by Crippen LogP contribution is 2.32. The largest absolute Gasteiger partial charge is 0.497 e. The smallest absolute Gasteiger partial charge is 0.255 e. The second-order valence-electron chi connectivity index (χ2n) is 9.65. The Kier molecular flexibility index (Phi) is 8.27. The van der Waals surface area contributed by atoms with Crippen LogP contribution in [-0.2, 0) is 11.3 Å². The van der Waals surface area contributed by atoms with E-state index >= 15 is 0 Å². The van der Waals surface area contributed by atoms with Crippen LogP contribution in [0.25, 0.3) is 11.3 Å². The SMILES string of the molecule is COc1cc(F)cc(C(CO)NC(=O)C(C)N2Cc3ccc(-c4nc(Nc5ccnc(C)n5)ncc4Cl)cc3C2=O)c1. The van der Waals surface area contributed by atoms with Gasteiger partial charge in [-0.2, -0.15) is 0 Å². The molecule has 0 saturated carbocycles. The summed E-state index contributed by atoms with van der Waals surface area (Å²) in [5, 5.41) is 15.9. The molecule has 216 valence electrons. The van der Waals surface area contributed by atoms with Gasteiger partial charge in [0.1, 0.15) is 29.3 Å². The molecule has 4 aromatic rings. The molecule has 42 heavy (non-hydrogen) atoms. The number of halogens is 2. The van der Waals surface area contributed by atoms with Crippen LogP contribution < -0.4 is 15.4 Å². The maximum Gasteiger partial charge on any atom is 0.255 e. The molecule has 0 radical (unpaired) electrons. The minimum absolute atomic E-state index is 0.206. The summed E-state index contributed by atoms with van der Waals surface area (Å²) in [5.74, 6) is 0.198. The van der Waals surface area contributed by atoms with Gasteiger partial charge in [0, 0.05) is 29.9 Å². The third kappa shape index (κ3) is 5.99. The van der Waals surface area contributed by atoms with Gasteiger partial charge in [0.05, 0.1) is 36.7 Å². The normalized spacial score (nSPS) is 13.9. The van der Waals surface area contributed by atoms with Gasteiger partial charge in [-0.3, -0.25) is 9.59 Å². The third-order valence-corrected chi connectivity index (χ3v) is 7.13. The molecule has 0 aliphatic carbocycles. The van der Waals surface area contributed by atoms with Gasteiger partial charge in [0.15, 0.2) is 0 Å². The first kappa shape index (κ1) is 28.8. The van der Waals surface area contributed by atoms with Crippen LogP contribution in [0.15, 0.2) is 54.9 Å². The summed E-state index contributed by atoms with van der Waals surface area (Å²) in [6.45, 7) is 3.09. The number of nitrogens with one attached hydrogen (secondary N) is 2. The molecule has 0 fully saturated rings. The lowest BCUT2D eigenvalue weighted by molar-refractivity contribution is -0.126. The lowest BCUT2D eigenvalue weighted by atomic mass is 10.0. The summed E-state index contributed by atoms with van der Waals surface area (Å²) in [4.78, 5) is 45.1. The fourth-order valence-electron chi connectivity index (χ4n) is 4.63. The zero-order valence-corrected chi connectivity index (χ0v) is 23.7. The molecule has 5 rings (SSSR count). The molecule has 0 spiro atoms. The number of aliphatic hydroxyl groups is 1. The predicted molar refractivity (Wildman–Crippen MR) is 153 cm³/mol. The van der Waals surface area contributed by atoms with Gasteiger partial charge in [-0.25, -0.2) is 24.3 Å². The van der Waals surface area contributed by atoms with Crippen LogP contribution >= 0.6 is 11.6 Å². The Labute approximate surface area is 245 Å². The highest BCUT2D eigenvalue weighted by atomic mass is 35.5. The molecule has 2 amide bonds. The average molecular weight is 592 g/mol. The molecule has 2 atom stereocenters. The number of methoxy groups -OCH3 is 1. The third-order valence-electron chi connectivity index (χ3n) is 6.85. The van der Waals surface area contributed by atoms with E-state index in [0.29, 0.717) is 39.0 Å². The van der Waals surface area contributed by atoms with Gasteiger partial charge >= 0.3 is 0 Å². The van der Waals surface area contributed by atoms with E-state index in [2.05, 4.69) is 30.6 Å². The molecule has 11 nitrogen and oxygen atoms in total. The number of amides is 2. The van der Waals surface area contributed by atoms with Crippen molar-refractivity contribution >= 4 is 35.2 Å². The predicted octanol–water partition coefficient (Wildman–Crippen LogP) is 3.98. The highest BCUT2D eigenvalue weighted by molar-refractivity contribution is 6.33. The second-order valence-corrected chi connectivity index (χ2v) is 10.1. The number of carbonyl (C=O) groups excluding carboxylic acids is 2. The number of benzene rings is 2. The minimum atomic E-state index is -0.898. The van der Waals surface area contributed by atoms with Crippen LogP contribution in [0.1, 0.15) is 40.3 Å². The van der Waals surface area contributed by atoms with Crippen LogP contribution in [-0.4, -0.2) is 61.5 Å². The Hall–Kier alpha value is -4.68. The number of nitrogens with zero attached hydrogens (tertiary/aromatic N) is 5. The highest BCUT2D eigenvalue weighted by Gasteiger charge is 2.35. The monoisotopic (exact) mass is 591 g/mol. The summed E-state index contributed by atoms with van der Waals surface area (Å²) < 4.78 is 19.1. The van der Waals surface area contributed by atoms with Gasteiger partial charge in [0.2, 0.25) is 11.9 Å². The Morgan fingerprint density at radius 2 is 2.00 bits per heavy atom. The van der Waals surface area contributed by atoms with Crippen molar-refractivity contribution in [3.05, 3.63) is 88.2 Å². The van der Waals surface area contributed by atoms with Crippen LogP contribution in [0.2, 0.25) is 5.02 Å².